The summed E-state index contributed by atoms with van der Waals surface area (Å²) in [4.78, 5) is 19.5. The van der Waals surface area contributed by atoms with Gasteiger partial charge in [-0.05, 0) is 60.7 Å². The molecule has 0 bridgehead atoms. The Kier molecular flexibility index (Phi) is 5.61. The van der Waals surface area contributed by atoms with Crippen molar-refractivity contribution >= 4 is 11.6 Å². The Bertz CT molecular complexity index is 889. The van der Waals surface area contributed by atoms with E-state index in [1.807, 2.05) is 25.1 Å². The van der Waals surface area contributed by atoms with Gasteiger partial charge in [0.2, 0.25) is 0 Å². The number of aryl methyl sites for hydroxylation is 2. The topological polar surface area (TPSA) is 62.1 Å². The molecule has 142 valence electrons. The van der Waals surface area contributed by atoms with Crippen LogP contribution in [0.3, 0.4) is 0 Å². The van der Waals surface area contributed by atoms with Crippen molar-refractivity contribution in [2.24, 2.45) is 5.16 Å². The van der Waals surface area contributed by atoms with E-state index < -0.39 is 0 Å². The number of hydrogen-bond acceptors (Lipinski definition) is 4. The molecule has 0 saturated carbocycles. The van der Waals surface area contributed by atoms with Gasteiger partial charge < -0.3 is 14.8 Å². The Hall–Kier alpha value is -2.66. The number of rotatable bonds is 4. The van der Waals surface area contributed by atoms with Gasteiger partial charge in [-0.1, -0.05) is 29.4 Å². The minimum atomic E-state index is -0.259. The molecule has 0 spiro atoms. The molecule has 3 rings (SSSR count). The molecule has 1 amide bonds. The van der Waals surface area contributed by atoms with Crippen LogP contribution < -0.4 is 0 Å². The SMILES string of the molecule is CO/N=C1\CC(CO)N(C(=O)c2ccc(-c3cccc(C)c3C)c(C)c2)C1. The maximum atomic E-state index is 13.0. The first-order valence-corrected chi connectivity index (χ1v) is 9.14. The van der Waals surface area contributed by atoms with Gasteiger partial charge in [-0.15, -0.1) is 0 Å². The number of amides is 1. The summed E-state index contributed by atoms with van der Waals surface area (Å²) >= 11 is 0. The Morgan fingerprint density at radius 3 is 2.63 bits per heavy atom. The van der Waals surface area contributed by atoms with E-state index in [2.05, 4.69) is 37.2 Å². The Balaban J connectivity index is 1.90. The molecule has 1 aliphatic rings. The van der Waals surface area contributed by atoms with Gasteiger partial charge in [-0.25, -0.2) is 0 Å². The van der Waals surface area contributed by atoms with Crippen LogP contribution in [0.25, 0.3) is 11.1 Å². The molecule has 0 aliphatic carbocycles. The molecule has 1 unspecified atom stereocenters. The molecule has 0 aromatic heterocycles. The van der Waals surface area contributed by atoms with Crippen LogP contribution in [0.2, 0.25) is 0 Å². The van der Waals surface area contributed by atoms with Gasteiger partial charge >= 0.3 is 0 Å². The number of benzene rings is 2. The second-order valence-electron chi connectivity index (χ2n) is 7.09. The van der Waals surface area contributed by atoms with Crippen LogP contribution in [0.1, 0.15) is 33.5 Å². The first-order chi connectivity index (χ1) is 13.0. The summed E-state index contributed by atoms with van der Waals surface area (Å²) in [5, 5.41) is 13.6. The lowest BCUT2D eigenvalue weighted by Crippen LogP contribution is -2.37. The predicted molar refractivity (Wildman–Crippen MR) is 107 cm³/mol. The third kappa shape index (κ3) is 3.74. The molecule has 5 heteroatoms. The summed E-state index contributed by atoms with van der Waals surface area (Å²) in [7, 11) is 1.49. The number of oxime groups is 1. The number of likely N-dealkylation sites (tertiary alicyclic amines) is 1. The van der Waals surface area contributed by atoms with Crippen LogP contribution >= 0.6 is 0 Å². The molecule has 2 aromatic carbocycles. The van der Waals surface area contributed by atoms with Crippen molar-refractivity contribution in [1.29, 1.82) is 0 Å². The first-order valence-electron chi connectivity index (χ1n) is 9.14. The molecule has 0 radical (unpaired) electrons. The van der Waals surface area contributed by atoms with Crippen LogP contribution in [-0.4, -0.2) is 47.9 Å². The van der Waals surface area contributed by atoms with E-state index in [0.29, 0.717) is 18.5 Å². The van der Waals surface area contributed by atoms with E-state index in [1.54, 1.807) is 4.90 Å². The van der Waals surface area contributed by atoms with E-state index >= 15 is 0 Å². The molecular weight excluding hydrogens is 340 g/mol. The minimum absolute atomic E-state index is 0.0893. The normalized spacial score (nSPS) is 18.2. The zero-order valence-electron chi connectivity index (χ0n) is 16.3. The molecule has 1 atom stereocenters. The van der Waals surface area contributed by atoms with Gasteiger partial charge in [-0.2, -0.15) is 0 Å². The van der Waals surface area contributed by atoms with E-state index in [-0.39, 0.29) is 18.6 Å². The van der Waals surface area contributed by atoms with Crippen LogP contribution in [0, 0.1) is 20.8 Å². The van der Waals surface area contributed by atoms with Gasteiger partial charge in [0.05, 0.1) is 24.9 Å². The summed E-state index contributed by atoms with van der Waals surface area (Å²) in [6, 6.07) is 11.8. The predicted octanol–water partition coefficient (Wildman–Crippen LogP) is 3.49. The zero-order valence-corrected chi connectivity index (χ0v) is 16.3. The largest absolute Gasteiger partial charge is 0.399 e. The van der Waals surface area contributed by atoms with E-state index in [1.165, 1.54) is 23.8 Å². The fraction of sp³-hybridized carbons (Fsp3) is 0.364. The first kappa shape index (κ1) is 19.1. The maximum absolute atomic E-state index is 13.0. The van der Waals surface area contributed by atoms with Crippen LogP contribution in [-0.2, 0) is 4.84 Å². The number of aliphatic hydroxyl groups excluding tert-OH is 1. The van der Waals surface area contributed by atoms with E-state index in [9.17, 15) is 9.90 Å². The van der Waals surface area contributed by atoms with Crippen molar-refractivity contribution in [3.05, 3.63) is 58.7 Å². The van der Waals surface area contributed by atoms with E-state index in [0.717, 1.165) is 16.8 Å². The van der Waals surface area contributed by atoms with Crippen LogP contribution in [0.4, 0.5) is 0 Å². The van der Waals surface area contributed by atoms with Crippen LogP contribution in [0.5, 0.6) is 0 Å². The van der Waals surface area contributed by atoms with Crippen molar-refractivity contribution in [3.63, 3.8) is 0 Å². The third-order valence-corrected chi connectivity index (χ3v) is 5.33. The summed E-state index contributed by atoms with van der Waals surface area (Å²) in [6.07, 6.45) is 0.537. The second kappa shape index (κ2) is 7.92. The molecule has 27 heavy (non-hydrogen) atoms. The standard InChI is InChI=1S/C22H26N2O3/c1-14-6-5-7-21(16(14)3)20-9-8-17(10-15(20)2)22(26)24-12-18(23-27-4)11-19(24)13-25/h5-10,19,25H,11-13H2,1-4H3/b23-18+. The van der Waals surface area contributed by atoms with Gasteiger partial charge in [0, 0.05) is 12.0 Å². The summed E-state index contributed by atoms with van der Waals surface area (Å²) in [5.74, 6) is -0.0917. The lowest BCUT2D eigenvalue weighted by atomic mass is 9.93. The zero-order chi connectivity index (χ0) is 19.6. The quantitative estimate of drug-likeness (QED) is 0.843. The smallest absolute Gasteiger partial charge is 0.254 e. The number of carbonyl (C=O) groups is 1. The molecular formula is C22H26N2O3. The highest BCUT2D eigenvalue weighted by Crippen LogP contribution is 2.29. The molecule has 1 saturated heterocycles. The van der Waals surface area contributed by atoms with Gasteiger partial charge in [0.25, 0.3) is 5.91 Å². The molecule has 5 nitrogen and oxygen atoms in total. The summed E-state index contributed by atoms with van der Waals surface area (Å²) in [6.45, 7) is 6.55. The number of aliphatic hydroxyl groups is 1. The molecule has 2 aromatic rings. The van der Waals surface area contributed by atoms with Crippen molar-refractivity contribution in [2.75, 3.05) is 20.3 Å². The van der Waals surface area contributed by atoms with Gasteiger partial charge in [0.15, 0.2) is 0 Å². The molecule has 1 heterocycles. The lowest BCUT2D eigenvalue weighted by Gasteiger charge is -2.23. The van der Waals surface area contributed by atoms with Crippen molar-refractivity contribution in [3.8, 4) is 11.1 Å². The second-order valence-corrected chi connectivity index (χ2v) is 7.09. The Morgan fingerprint density at radius 1 is 1.19 bits per heavy atom. The molecule has 1 N–H and O–H groups in total. The Labute approximate surface area is 160 Å². The van der Waals surface area contributed by atoms with Crippen LogP contribution in [0.15, 0.2) is 41.6 Å². The number of carbonyl (C=O) groups excluding carboxylic acids is 1. The third-order valence-electron chi connectivity index (χ3n) is 5.33. The number of nitrogens with zero attached hydrogens (tertiary/aromatic N) is 2. The average molecular weight is 366 g/mol. The highest BCUT2D eigenvalue weighted by Gasteiger charge is 2.33. The van der Waals surface area contributed by atoms with Crippen molar-refractivity contribution in [2.45, 2.75) is 33.2 Å². The maximum Gasteiger partial charge on any atom is 0.254 e. The number of hydrogen-bond donors (Lipinski definition) is 1. The highest BCUT2D eigenvalue weighted by atomic mass is 16.6. The highest BCUT2D eigenvalue weighted by molar-refractivity contribution is 6.01. The molecule has 1 aliphatic heterocycles. The molecule has 1 fully saturated rings. The lowest BCUT2D eigenvalue weighted by molar-refractivity contribution is 0.0680. The fourth-order valence-corrected chi connectivity index (χ4v) is 3.68. The van der Waals surface area contributed by atoms with E-state index in [4.69, 9.17) is 4.84 Å². The average Bonchev–Trinajstić information content (AvgIpc) is 3.07. The minimum Gasteiger partial charge on any atom is -0.399 e. The summed E-state index contributed by atoms with van der Waals surface area (Å²) in [5.41, 5.74) is 7.28. The summed E-state index contributed by atoms with van der Waals surface area (Å²) < 4.78 is 0. The van der Waals surface area contributed by atoms with Crippen molar-refractivity contribution in [1.82, 2.24) is 4.90 Å². The fourth-order valence-electron chi connectivity index (χ4n) is 3.68. The Morgan fingerprint density at radius 2 is 1.96 bits per heavy atom. The monoisotopic (exact) mass is 366 g/mol. The van der Waals surface area contributed by atoms with Gasteiger partial charge in [0.1, 0.15) is 7.11 Å². The van der Waals surface area contributed by atoms with Crippen molar-refractivity contribution < 1.29 is 14.7 Å². The van der Waals surface area contributed by atoms with Gasteiger partial charge in [-0.3, -0.25) is 4.79 Å².